The third-order valence-electron chi connectivity index (χ3n) is 4.56. The molecule has 2 aliphatic carbocycles. The number of benzene rings is 1. The van der Waals surface area contributed by atoms with Crippen molar-refractivity contribution in [2.24, 2.45) is 11.1 Å². The highest BCUT2D eigenvalue weighted by Crippen LogP contribution is 2.43. The van der Waals surface area contributed by atoms with E-state index < -0.39 is 0 Å². The fourth-order valence-corrected chi connectivity index (χ4v) is 3.17. The first-order valence-electron chi connectivity index (χ1n) is 7.56. The highest BCUT2D eigenvalue weighted by atomic mass is 16.5. The molecule has 0 radical (unpaired) electrons. The summed E-state index contributed by atoms with van der Waals surface area (Å²) in [7, 11) is 0. The first-order valence-corrected chi connectivity index (χ1v) is 7.56. The highest BCUT2D eigenvalue weighted by molar-refractivity contribution is 5.32. The summed E-state index contributed by atoms with van der Waals surface area (Å²) >= 11 is 0. The van der Waals surface area contributed by atoms with Crippen molar-refractivity contribution < 1.29 is 4.74 Å². The normalized spacial score (nSPS) is 30.1. The SMILES string of the molecule is CC1(C)CCC(N)C(c2cccc(OC3CC3)c2)C1. The Hall–Kier alpha value is -1.02. The molecule has 3 rings (SSSR count). The van der Waals surface area contributed by atoms with Crippen LogP contribution < -0.4 is 10.5 Å². The summed E-state index contributed by atoms with van der Waals surface area (Å²) in [5.74, 6) is 1.50. The van der Waals surface area contributed by atoms with Crippen molar-refractivity contribution in [2.75, 3.05) is 0 Å². The Morgan fingerprint density at radius 2 is 2.00 bits per heavy atom. The van der Waals surface area contributed by atoms with E-state index in [4.69, 9.17) is 10.5 Å². The van der Waals surface area contributed by atoms with Crippen molar-refractivity contribution in [2.45, 2.75) is 64.0 Å². The zero-order chi connectivity index (χ0) is 13.5. The lowest BCUT2D eigenvalue weighted by atomic mass is 9.68. The van der Waals surface area contributed by atoms with E-state index in [-0.39, 0.29) is 0 Å². The Balaban J connectivity index is 1.79. The van der Waals surface area contributed by atoms with Gasteiger partial charge < -0.3 is 10.5 Å². The predicted octanol–water partition coefficient (Wildman–Crippen LogP) is 3.85. The van der Waals surface area contributed by atoms with Crippen LogP contribution >= 0.6 is 0 Å². The molecule has 1 aromatic carbocycles. The van der Waals surface area contributed by atoms with Crippen LogP contribution in [0, 0.1) is 5.41 Å². The van der Waals surface area contributed by atoms with Gasteiger partial charge in [-0.3, -0.25) is 0 Å². The molecule has 2 heteroatoms. The Kier molecular flexibility index (Phi) is 3.30. The molecule has 0 saturated heterocycles. The molecule has 1 aromatic rings. The molecule has 0 heterocycles. The van der Waals surface area contributed by atoms with Crippen molar-refractivity contribution in [3.8, 4) is 5.75 Å². The minimum absolute atomic E-state index is 0.296. The van der Waals surface area contributed by atoms with Crippen molar-refractivity contribution in [1.29, 1.82) is 0 Å². The van der Waals surface area contributed by atoms with E-state index in [1.54, 1.807) is 0 Å². The maximum atomic E-state index is 6.35. The lowest BCUT2D eigenvalue weighted by Gasteiger charge is -2.39. The maximum Gasteiger partial charge on any atom is 0.120 e. The minimum Gasteiger partial charge on any atom is -0.490 e. The standard InChI is InChI=1S/C17H25NO/c1-17(2)9-8-16(18)15(11-17)12-4-3-5-14(10-12)19-13-6-7-13/h3-5,10,13,15-16H,6-9,11,18H2,1-2H3. The second-order valence-electron chi connectivity index (χ2n) is 7.07. The van der Waals surface area contributed by atoms with Gasteiger partial charge in [0.2, 0.25) is 0 Å². The molecule has 0 aromatic heterocycles. The molecule has 0 aliphatic heterocycles. The predicted molar refractivity (Wildman–Crippen MR) is 78.4 cm³/mol. The number of hydrogen-bond donors (Lipinski definition) is 1. The Labute approximate surface area is 116 Å². The van der Waals surface area contributed by atoms with Crippen LogP contribution in [0.4, 0.5) is 0 Å². The highest BCUT2D eigenvalue weighted by Gasteiger charge is 2.34. The van der Waals surface area contributed by atoms with Gasteiger partial charge in [0.25, 0.3) is 0 Å². The average molecular weight is 259 g/mol. The number of nitrogens with two attached hydrogens (primary N) is 1. The fourth-order valence-electron chi connectivity index (χ4n) is 3.17. The second-order valence-corrected chi connectivity index (χ2v) is 7.07. The molecule has 2 nitrogen and oxygen atoms in total. The molecule has 2 unspecified atom stereocenters. The molecule has 2 aliphatic rings. The van der Waals surface area contributed by atoms with Crippen LogP contribution in [0.25, 0.3) is 0 Å². The summed E-state index contributed by atoms with van der Waals surface area (Å²) in [5.41, 5.74) is 8.13. The average Bonchev–Trinajstić information content (AvgIpc) is 3.17. The Morgan fingerprint density at radius 3 is 2.74 bits per heavy atom. The molecule has 2 atom stereocenters. The Bertz CT molecular complexity index is 450. The largest absolute Gasteiger partial charge is 0.490 e. The van der Waals surface area contributed by atoms with E-state index in [1.807, 2.05) is 0 Å². The third kappa shape index (κ3) is 3.11. The summed E-state index contributed by atoms with van der Waals surface area (Å²) in [4.78, 5) is 0. The van der Waals surface area contributed by atoms with Gasteiger partial charge in [-0.15, -0.1) is 0 Å². The maximum absolute atomic E-state index is 6.35. The van der Waals surface area contributed by atoms with Gasteiger partial charge in [0, 0.05) is 6.04 Å². The summed E-state index contributed by atoms with van der Waals surface area (Å²) in [5, 5.41) is 0. The van der Waals surface area contributed by atoms with Crippen LogP contribution in [0.2, 0.25) is 0 Å². The van der Waals surface area contributed by atoms with Crippen LogP contribution in [0.1, 0.15) is 57.4 Å². The minimum atomic E-state index is 0.296. The molecule has 0 bridgehead atoms. The second kappa shape index (κ2) is 4.82. The van der Waals surface area contributed by atoms with Crippen molar-refractivity contribution in [3.63, 3.8) is 0 Å². The van der Waals surface area contributed by atoms with E-state index in [9.17, 15) is 0 Å². The summed E-state index contributed by atoms with van der Waals surface area (Å²) in [6.07, 6.45) is 6.43. The summed E-state index contributed by atoms with van der Waals surface area (Å²) in [6, 6.07) is 8.91. The number of hydrogen-bond acceptors (Lipinski definition) is 2. The molecule has 2 saturated carbocycles. The molecule has 19 heavy (non-hydrogen) atoms. The summed E-state index contributed by atoms with van der Waals surface area (Å²) < 4.78 is 5.90. The number of rotatable bonds is 3. The van der Waals surface area contributed by atoms with Crippen LogP contribution in [-0.2, 0) is 0 Å². The first kappa shape index (κ1) is 13.0. The Morgan fingerprint density at radius 1 is 1.21 bits per heavy atom. The van der Waals surface area contributed by atoms with Gasteiger partial charge in [0.15, 0.2) is 0 Å². The van der Waals surface area contributed by atoms with Gasteiger partial charge in [-0.1, -0.05) is 26.0 Å². The van der Waals surface area contributed by atoms with Gasteiger partial charge in [-0.2, -0.15) is 0 Å². The van der Waals surface area contributed by atoms with Crippen LogP contribution in [0.5, 0.6) is 5.75 Å². The molecule has 0 amide bonds. The van der Waals surface area contributed by atoms with Crippen LogP contribution in [-0.4, -0.2) is 12.1 Å². The third-order valence-corrected chi connectivity index (χ3v) is 4.56. The monoisotopic (exact) mass is 259 g/mol. The van der Waals surface area contributed by atoms with Crippen LogP contribution in [0.3, 0.4) is 0 Å². The first-order chi connectivity index (χ1) is 9.03. The summed E-state index contributed by atoms with van der Waals surface area (Å²) in [6.45, 7) is 4.72. The van der Waals surface area contributed by atoms with E-state index in [1.165, 1.54) is 31.2 Å². The van der Waals surface area contributed by atoms with Crippen LogP contribution in [0.15, 0.2) is 24.3 Å². The zero-order valence-electron chi connectivity index (χ0n) is 12.1. The van der Waals surface area contributed by atoms with E-state index in [0.29, 0.717) is 23.5 Å². The topological polar surface area (TPSA) is 35.2 Å². The quantitative estimate of drug-likeness (QED) is 0.895. The lowest BCUT2D eigenvalue weighted by molar-refractivity contribution is 0.198. The molecule has 2 N–H and O–H groups in total. The van der Waals surface area contributed by atoms with Gasteiger partial charge in [0.05, 0.1) is 6.10 Å². The van der Waals surface area contributed by atoms with Crippen molar-refractivity contribution in [3.05, 3.63) is 29.8 Å². The molecule has 2 fully saturated rings. The van der Waals surface area contributed by atoms with Crippen molar-refractivity contribution >= 4 is 0 Å². The lowest BCUT2D eigenvalue weighted by Crippen LogP contribution is -2.37. The number of ether oxygens (including phenoxy) is 1. The van der Waals surface area contributed by atoms with Crippen molar-refractivity contribution in [1.82, 2.24) is 0 Å². The van der Waals surface area contributed by atoms with E-state index >= 15 is 0 Å². The van der Waals surface area contributed by atoms with Gasteiger partial charge in [0.1, 0.15) is 5.75 Å². The fraction of sp³-hybridized carbons (Fsp3) is 0.647. The van der Waals surface area contributed by atoms with Gasteiger partial charge >= 0.3 is 0 Å². The van der Waals surface area contributed by atoms with Gasteiger partial charge in [-0.25, -0.2) is 0 Å². The van der Waals surface area contributed by atoms with E-state index in [2.05, 4.69) is 38.1 Å². The molecule has 104 valence electrons. The van der Waals surface area contributed by atoms with E-state index in [0.717, 1.165) is 12.2 Å². The van der Waals surface area contributed by atoms with Gasteiger partial charge in [-0.05, 0) is 61.1 Å². The molecular weight excluding hydrogens is 234 g/mol. The molecular formula is C17H25NO. The zero-order valence-corrected chi connectivity index (χ0v) is 12.1. The smallest absolute Gasteiger partial charge is 0.120 e. The molecule has 0 spiro atoms.